The second-order valence-electron chi connectivity index (χ2n) is 6.25. The third-order valence-corrected chi connectivity index (χ3v) is 5.04. The summed E-state index contributed by atoms with van der Waals surface area (Å²) in [5.74, 6) is -2.49. The number of esters is 1. The first-order valence-corrected chi connectivity index (χ1v) is 9.75. The molecule has 0 aliphatic rings. The van der Waals surface area contributed by atoms with Crippen molar-refractivity contribution in [2.75, 3.05) is 11.9 Å². The van der Waals surface area contributed by atoms with Crippen LogP contribution in [0.15, 0.2) is 39.8 Å². The molecule has 0 fully saturated rings. The van der Waals surface area contributed by atoms with Crippen LogP contribution in [0.25, 0.3) is 0 Å². The van der Waals surface area contributed by atoms with Gasteiger partial charge in [0.05, 0.1) is 0 Å². The number of hydrogen-bond donors (Lipinski definition) is 2. The van der Waals surface area contributed by atoms with Crippen LogP contribution in [-0.4, -0.2) is 38.1 Å². The van der Waals surface area contributed by atoms with E-state index in [-0.39, 0.29) is 5.82 Å². The number of anilines is 1. The van der Waals surface area contributed by atoms with Crippen molar-refractivity contribution in [1.82, 2.24) is 9.88 Å². The number of halogens is 1. The van der Waals surface area contributed by atoms with Crippen molar-refractivity contribution in [2.45, 2.75) is 31.7 Å². The molecular weight excluding hydrogens is 393 g/mol. The Labute approximate surface area is 161 Å². The molecule has 1 atom stereocenters. The minimum absolute atomic E-state index is 0.152. The molecule has 1 aromatic heterocycles. The predicted octanol–water partition coefficient (Wildman–Crippen LogP) is 1.61. The van der Waals surface area contributed by atoms with E-state index < -0.39 is 51.2 Å². The summed E-state index contributed by atoms with van der Waals surface area (Å²) >= 11 is 0. The van der Waals surface area contributed by atoms with E-state index in [1.165, 1.54) is 18.2 Å². The van der Waals surface area contributed by atoms with Crippen LogP contribution >= 0.6 is 0 Å². The van der Waals surface area contributed by atoms with E-state index in [2.05, 4.69) is 15.2 Å². The molecule has 0 bridgehead atoms. The molecule has 28 heavy (non-hydrogen) atoms. The minimum atomic E-state index is -4.31. The summed E-state index contributed by atoms with van der Waals surface area (Å²) in [6, 6.07) is 4.93. The lowest BCUT2D eigenvalue weighted by Crippen LogP contribution is -2.46. The number of nitrogens with zero attached hydrogens (tertiary/aromatic N) is 1. The van der Waals surface area contributed by atoms with Crippen LogP contribution in [-0.2, 0) is 24.3 Å². The number of aryl methyl sites for hydroxylation is 1. The van der Waals surface area contributed by atoms with Crippen molar-refractivity contribution in [3.63, 3.8) is 0 Å². The molecule has 2 rings (SSSR count). The Kier molecular flexibility index (Phi) is 6.86. The van der Waals surface area contributed by atoms with Crippen LogP contribution in [0.2, 0.25) is 0 Å². The second-order valence-corrected chi connectivity index (χ2v) is 7.93. The molecule has 0 spiro atoms. The van der Waals surface area contributed by atoms with Crippen molar-refractivity contribution in [1.29, 1.82) is 0 Å². The number of rotatable bonds is 8. The quantitative estimate of drug-likeness (QED) is 0.629. The van der Waals surface area contributed by atoms with Gasteiger partial charge in [-0.25, -0.2) is 12.8 Å². The van der Waals surface area contributed by atoms with Crippen LogP contribution in [0.3, 0.4) is 0 Å². The van der Waals surface area contributed by atoms with Gasteiger partial charge < -0.3 is 14.6 Å². The highest BCUT2D eigenvalue weighted by Gasteiger charge is 2.31. The maximum absolute atomic E-state index is 13.8. The molecule has 152 valence electrons. The number of amides is 1. The van der Waals surface area contributed by atoms with E-state index in [1.54, 1.807) is 20.8 Å². The van der Waals surface area contributed by atoms with Gasteiger partial charge in [-0.15, -0.1) is 0 Å². The summed E-state index contributed by atoms with van der Waals surface area (Å²) in [5, 5.41) is 5.92. The Bertz CT molecular complexity index is 957. The van der Waals surface area contributed by atoms with E-state index in [0.29, 0.717) is 5.76 Å². The van der Waals surface area contributed by atoms with Crippen LogP contribution in [0.5, 0.6) is 0 Å². The van der Waals surface area contributed by atoms with E-state index >= 15 is 0 Å². The average molecular weight is 413 g/mol. The zero-order valence-corrected chi connectivity index (χ0v) is 16.2. The first-order chi connectivity index (χ1) is 13.1. The minimum Gasteiger partial charge on any atom is -0.454 e. The SMILES string of the molecule is Cc1cc(NC(=O)COC(=O)[C@@H](NS(=O)(=O)c2ccccc2F)C(C)C)no1. The molecule has 0 radical (unpaired) electrons. The standard InChI is InChI=1S/C17H20FN3O6S/c1-10(2)16(21-28(24,25)13-7-5-4-6-12(13)18)17(23)26-9-15(22)19-14-8-11(3)27-20-14/h4-8,10,16,21H,9H2,1-3H3,(H,19,20,22)/t16-/m0/s1. The molecular formula is C17H20FN3O6S. The first kappa shape index (κ1) is 21.5. The number of benzene rings is 1. The van der Waals surface area contributed by atoms with E-state index in [0.717, 1.165) is 12.1 Å². The summed E-state index contributed by atoms with van der Waals surface area (Å²) < 4.78 is 50.4. The lowest BCUT2D eigenvalue weighted by Gasteiger charge is -2.20. The van der Waals surface area contributed by atoms with Crippen LogP contribution < -0.4 is 10.0 Å². The predicted molar refractivity (Wildman–Crippen MR) is 96.2 cm³/mol. The normalized spacial score (nSPS) is 12.6. The van der Waals surface area contributed by atoms with Crippen molar-refractivity contribution in [2.24, 2.45) is 5.92 Å². The monoisotopic (exact) mass is 413 g/mol. The third kappa shape index (κ3) is 5.60. The van der Waals surface area contributed by atoms with Crippen LogP contribution in [0.4, 0.5) is 10.2 Å². The van der Waals surface area contributed by atoms with Gasteiger partial charge in [-0.3, -0.25) is 9.59 Å². The topological polar surface area (TPSA) is 128 Å². The molecule has 0 saturated heterocycles. The Balaban J connectivity index is 2.01. The zero-order valence-electron chi connectivity index (χ0n) is 15.4. The van der Waals surface area contributed by atoms with E-state index in [9.17, 15) is 22.4 Å². The molecule has 0 aliphatic heterocycles. The summed E-state index contributed by atoms with van der Waals surface area (Å²) in [6.07, 6.45) is 0. The van der Waals surface area contributed by atoms with Crippen molar-refractivity contribution in [3.05, 3.63) is 41.9 Å². The molecule has 1 aromatic carbocycles. The zero-order chi connectivity index (χ0) is 20.9. The lowest BCUT2D eigenvalue weighted by molar-refractivity contribution is -0.150. The molecule has 2 aromatic rings. The number of hydrogen-bond acceptors (Lipinski definition) is 7. The summed E-state index contributed by atoms with van der Waals surface area (Å²) in [5.41, 5.74) is 0. The summed E-state index contributed by atoms with van der Waals surface area (Å²) in [7, 11) is -4.31. The number of carbonyl (C=O) groups is 2. The third-order valence-electron chi connectivity index (χ3n) is 3.57. The van der Waals surface area contributed by atoms with Gasteiger partial charge in [-0.1, -0.05) is 31.1 Å². The van der Waals surface area contributed by atoms with Gasteiger partial charge in [0.15, 0.2) is 12.4 Å². The largest absolute Gasteiger partial charge is 0.454 e. The van der Waals surface area contributed by atoms with Gasteiger partial charge in [0.1, 0.15) is 22.5 Å². The molecule has 11 heteroatoms. The molecule has 0 aliphatic carbocycles. The number of nitrogens with one attached hydrogen (secondary N) is 2. The molecule has 1 amide bonds. The highest BCUT2D eigenvalue weighted by atomic mass is 32.2. The Hall–Kier alpha value is -2.79. The maximum Gasteiger partial charge on any atom is 0.324 e. The van der Waals surface area contributed by atoms with Crippen molar-refractivity contribution in [3.8, 4) is 0 Å². The second kappa shape index (κ2) is 8.93. The van der Waals surface area contributed by atoms with Crippen molar-refractivity contribution >= 4 is 27.7 Å². The number of carbonyl (C=O) groups excluding carboxylic acids is 2. The van der Waals surface area contributed by atoms with Gasteiger partial charge in [-0.05, 0) is 25.0 Å². The fourth-order valence-electron chi connectivity index (χ4n) is 2.18. The van der Waals surface area contributed by atoms with Gasteiger partial charge in [0.2, 0.25) is 10.0 Å². The molecule has 9 nitrogen and oxygen atoms in total. The summed E-state index contributed by atoms with van der Waals surface area (Å²) in [6.45, 7) is 4.13. The highest BCUT2D eigenvalue weighted by Crippen LogP contribution is 2.16. The lowest BCUT2D eigenvalue weighted by atomic mass is 10.1. The first-order valence-electron chi connectivity index (χ1n) is 8.27. The van der Waals surface area contributed by atoms with Crippen LogP contribution in [0, 0.1) is 18.7 Å². The fraction of sp³-hybridized carbons (Fsp3) is 0.353. The van der Waals surface area contributed by atoms with E-state index in [4.69, 9.17) is 9.26 Å². The highest BCUT2D eigenvalue weighted by molar-refractivity contribution is 7.89. The number of ether oxygens (including phenoxy) is 1. The Morgan fingerprint density at radius 2 is 1.96 bits per heavy atom. The summed E-state index contributed by atoms with van der Waals surface area (Å²) in [4.78, 5) is 23.5. The van der Waals surface area contributed by atoms with Gasteiger partial charge in [0.25, 0.3) is 5.91 Å². The molecule has 1 heterocycles. The van der Waals surface area contributed by atoms with Gasteiger partial charge in [0, 0.05) is 6.07 Å². The smallest absolute Gasteiger partial charge is 0.324 e. The Morgan fingerprint density at radius 1 is 1.29 bits per heavy atom. The fourth-order valence-corrected chi connectivity index (χ4v) is 3.59. The molecule has 2 N–H and O–H groups in total. The molecule has 0 unspecified atom stereocenters. The number of aromatic nitrogens is 1. The van der Waals surface area contributed by atoms with Gasteiger partial charge >= 0.3 is 5.97 Å². The maximum atomic E-state index is 13.8. The number of sulfonamides is 1. The molecule has 0 saturated carbocycles. The van der Waals surface area contributed by atoms with E-state index in [1.807, 2.05) is 0 Å². The van der Waals surface area contributed by atoms with Crippen LogP contribution in [0.1, 0.15) is 19.6 Å². The average Bonchev–Trinajstić information content (AvgIpc) is 3.02. The van der Waals surface area contributed by atoms with Gasteiger partial charge in [-0.2, -0.15) is 4.72 Å². The Morgan fingerprint density at radius 3 is 2.54 bits per heavy atom. The van der Waals surface area contributed by atoms with Crippen molar-refractivity contribution < 1.29 is 31.7 Å².